The van der Waals surface area contributed by atoms with Crippen molar-refractivity contribution >= 4 is 11.9 Å². The summed E-state index contributed by atoms with van der Waals surface area (Å²) in [5.74, 6) is -1.02. The van der Waals surface area contributed by atoms with Gasteiger partial charge in [-0.2, -0.15) is 0 Å². The largest absolute Gasteiger partial charge is 0.370 e. The lowest BCUT2D eigenvalue weighted by molar-refractivity contribution is -0.216. The zero-order chi connectivity index (χ0) is 12.1. The topological polar surface area (TPSA) is 66.8 Å². The Bertz CT molecular complexity index is 346. The maximum atomic E-state index is 11.6. The molecule has 0 saturated carbocycles. The van der Waals surface area contributed by atoms with Crippen molar-refractivity contribution in [3.05, 3.63) is 23.8 Å². The molecule has 0 spiro atoms. The number of carbonyl (C=O) groups excluding carboxylic acids is 2. The molecule has 1 heterocycles. The monoisotopic (exact) mass is 225 g/mol. The van der Waals surface area contributed by atoms with E-state index in [1.54, 1.807) is 32.1 Å². The number of amides is 1. The highest BCUT2D eigenvalue weighted by Gasteiger charge is 2.33. The number of hydrogen-bond donors (Lipinski definition) is 1. The number of hydrogen-bond acceptors (Lipinski definition) is 4. The summed E-state index contributed by atoms with van der Waals surface area (Å²) in [6.07, 6.45) is 4.31. The molecule has 5 nitrogen and oxygen atoms in total. The summed E-state index contributed by atoms with van der Waals surface area (Å²) < 4.78 is 0. The summed E-state index contributed by atoms with van der Waals surface area (Å²) in [5.41, 5.74) is 0.342. The maximum absolute atomic E-state index is 11.6. The first kappa shape index (κ1) is 12.4. The number of hydroxylamine groups is 2. The summed E-state index contributed by atoms with van der Waals surface area (Å²) in [4.78, 5) is 27.6. The maximum Gasteiger partial charge on any atom is 0.363 e. The summed E-state index contributed by atoms with van der Waals surface area (Å²) in [6, 6.07) is 0. The van der Waals surface area contributed by atoms with E-state index in [2.05, 4.69) is 0 Å². The van der Waals surface area contributed by atoms with Crippen molar-refractivity contribution in [1.82, 2.24) is 5.06 Å². The van der Waals surface area contributed by atoms with Crippen molar-refractivity contribution in [3.63, 3.8) is 0 Å². The van der Waals surface area contributed by atoms with E-state index < -0.39 is 12.2 Å². The predicted octanol–water partition coefficient (Wildman–Crippen LogP) is 0.908. The van der Waals surface area contributed by atoms with Gasteiger partial charge in [0, 0.05) is 12.8 Å². The Labute approximate surface area is 93.9 Å². The fourth-order valence-corrected chi connectivity index (χ4v) is 1.36. The van der Waals surface area contributed by atoms with Gasteiger partial charge in [0.1, 0.15) is 0 Å². The molecule has 1 fully saturated rings. The number of rotatable bonds is 3. The Kier molecular flexibility index (Phi) is 4.25. The molecule has 1 amide bonds. The van der Waals surface area contributed by atoms with Gasteiger partial charge in [-0.1, -0.05) is 18.2 Å². The summed E-state index contributed by atoms with van der Waals surface area (Å²) in [6.45, 7) is 3.46. The molecule has 0 aromatic carbocycles. The second-order valence-electron chi connectivity index (χ2n) is 3.36. The smallest absolute Gasteiger partial charge is 0.363 e. The molecule has 5 heteroatoms. The van der Waals surface area contributed by atoms with Crippen LogP contribution in [0.1, 0.15) is 26.7 Å². The van der Waals surface area contributed by atoms with Crippen molar-refractivity contribution in [3.8, 4) is 0 Å². The number of aliphatic hydroxyl groups excluding tert-OH is 1. The fourth-order valence-electron chi connectivity index (χ4n) is 1.36. The van der Waals surface area contributed by atoms with Crippen LogP contribution in [0.3, 0.4) is 0 Å². The Morgan fingerprint density at radius 2 is 2.25 bits per heavy atom. The highest BCUT2D eigenvalue weighted by Crippen LogP contribution is 2.17. The second kappa shape index (κ2) is 5.46. The summed E-state index contributed by atoms with van der Waals surface area (Å²) >= 11 is 0. The van der Waals surface area contributed by atoms with E-state index in [-0.39, 0.29) is 12.3 Å². The normalized spacial score (nSPS) is 21.9. The van der Waals surface area contributed by atoms with Crippen LogP contribution in [0, 0.1) is 0 Å². The average molecular weight is 225 g/mol. The quantitative estimate of drug-likeness (QED) is 0.572. The number of aliphatic hydroxyl groups is 1. The first-order valence-electron chi connectivity index (χ1n) is 5.11. The first-order valence-corrected chi connectivity index (χ1v) is 5.11. The van der Waals surface area contributed by atoms with Gasteiger partial charge < -0.3 is 9.94 Å². The first-order chi connectivity index (χ1) is 7.60. The molecule has 1 atom stereocenters. The molecule has 16 heavy (non-hydrogen) atoms. The van der Waals surface area contributed by atoms with Gasteiger partial charge in [0.2, 0.25) is 0 Å². The van der Waals surface area contributed by atoms with Gasteiger partial charge in [-0.3, -0.25) is 4.79 Å². The molecule has 1 unspecified atom stereocenters. The summed E-state index contributed by atoms with van der Waals surface area (Å²) in [5, 5.41) is 10.1. The van der Waals surface area contributed by atoms with Crippen molar-refractivity contribution in [2.24, 2.45) is 0 Å². The van der Waals surface area contributed by atoms with Gasteiger partial charge in [0.15, 0.2) is 6.23 Å². The van der Waals surface area contributed by atoms with Crippen LogP contribution >= 0.6 is 0 Å². The molecule has 0 aromatic rings. The van der Waals surface area contributed by atoms with Crippen LogP contribution in [-0.2, 0) is 14.4 Å². The minimum atomic E-state index is -1.03. The molecule has 88 valence electrons. The van der Waals surface area contributed by atoms with Gasteiger partial charge in [-0.25, -0.2) is 4.79 Å². The Hall–Kier alpha value is -1.62. The Morgan fingerprint density at radius 3 is 2.69 bits per heavy atom. The van der Waals surface area contributed by atoms with Crippen LogP contribution in [0.4, 0.5) is 0 Å². The van der Waals surface area contributed by atoms with E-state index in [1.165, 1.54) is 0 Å². The molecule has 1 saturated heterocycles. The van der Waals surface area contributed by atoms with Crippen molar-refractivity contribution in [2.45, 2.75) is 32.9 Å². The SMILES string of the molecule is C/C=C\C(=C/C)C(=O)ON1C(=O)CCC1O. The third-order valence-corrected chi connectivity index (χ3v) is 2.21. The lowest BCUT2D eigenvalue weighted by Gasteiger charge is -2.18. The molecule has 0 bridgehead atoms. The third-order valence-electron chi connectivity index (χ3n) is 2.21. The highest BCUT2D eigenvalue weighted by molar-refractivity contribution is 5.92. The van der Waals surface area contributed by atoms with Crippen molar-refractivity contribution in [2.75, 3.05) is 0 Å². The lowest BCUT2D eigenvalue weighted by atomic mass is 10.2. The molecule has 0 aliphatic carbocycles. The standard InChI is InChI=1S/C11H15NO4/c1-3-5-8(4-2)11(15)16-12-9(13)6-7-10(12)14/h3-5,9,13H,6-7H2,1-2H3/b5-3-,8-4+. The van der Waals surface area contributed by atoms with E-state index in [1.807, 2.05) is 0 Å². The number of carbonyl (C=O) groups is 2. The minimum Gasteiger partial charge on any atom is -0.370 e. The Balaban J connectivity index is 2.67. The predicted molar refractivity (Wildman–Crippen MR) is 56.7 cm³/mol. The zero-order valence-corrected chi connectivity index (χ0v) is 9.34. The van der Waals surface area contributed by atoms with Crippen LogP contribution < -0.4 is 0 Å². The van der Waals surface area contributed by atoms with Crippen molar-refractivity contribution in [1.29, 1.82) is 0 Å². The molecular formula is C11H15NO4. The Morgan fingerprint density at radius 1 is 1.56 bits per heavy atom. The van der Waals surface area contributed by atoms with E-state index in [9.17, 15) is 14.7 Å². The molecule has 1 N–H and O–H groups in total. The van der Waals surface area contributed by atoms with Crippen LogP contribution in [0.5, 0.6) is 0 Å². The third kappa shape index (κ3) is 2.70. The fraction of sp³-hybridized carbons (Fsp3) is 0.455. The van der Waals surface area contributed by atoms with E-state index in [0.29, 0.717) is 12.0 Å². The molecular weight excluding hydrogens is 210 g/mol. The van der Waals surface area contributed by atoms with Gasteiger partial charge in [0.25, 0.3) is 5.91 Å². The second-order valence-corrected chi connectivity index (χ2v) is 3.36. The van der Waals surface area contributed by atoms with Gasteiger partial charge in [0.05, 0.1) is 5.57 Å². The highest BCUT2D eigenvalue weighted by atomic mass is 16.7. The van der Waals surface area contributed by atoms with Crippen LogP contribution in [0.25, 0.3) is 0 Å². The molecule has 1 rings (SSSR count). The summed E-state index contributed by atoms with van der Waals surface area (Å²) in [7, 11) is 0. The molecule has 1 aliphatic rings. The van der Waals surface area contributed by atoms with Crippen LogP contribution in [-0.4, -0.2) is 28.3 Å². The van der Waals surface area contributed by atoms with Gasteiger partial charge in [-0.15, -0.1) is 5.06 Å². The molecule has 0 radical (unpaired) electrons. The van der Waals surface area contributed by atoms with Crippen molar-refractivity contribution < 1.29 is 19.5 Å². The average Bonchev–Trinajstić information content (AvgIpc) is 2.57. The molecule has 0 aromatic heterocycles. The van der Waals surface area contributed by atoms with Crippen LogP contribution in [0.15, 0.2) is 23.8 Å². The van der Waals surface area contributed by atoms with E-state index in [4.69, 9.17) is 4.84 Å². The van der Waals surface area contributed by atoms with Gasteiger partial charge in [-0.05, 0) is 13.8 Å². The number of nitrogens with zero attached hydrogens (tertiary/aromatic N) is 1. The molecule has 1 aliphatic heterocycles. The zero-order valence-electron chi connectivity index (χ0n) is 9.34. The minimum absolute atomic E-state index is 0.198. The number of allylic oxidation sites excluding steroid dienone is 2. The van der Waals surface area contributed by atoms with E-state index in [0.717, 1.165) is 5.06 Å². The van der Waals surface area contributed by atoms with Gasteiger partial charge >= 0.3 is 5.97 Å². The van der Waals surface area contributed by atoms with E-state index >= 15 is 0 Å². The van der Waals surface area contributed by atoms with Crippen LogP contribution in [0.2, 0.25) is 0 Å². The lowest BCUT2D eigenvalue weighted by Crippen LogP contribution is -2.35.